The topological polar surface area (TPSA) is 83.6 Å². The van der Waals surface area contributed by atoms with Crippen LogP contribution >= 0.6 is 0 Å². The summed E-state index contributed by atoms with van der Waals surface area (Å²) >= 11 is 0. The number of rotatable bonds is 5. The summed E-state index contributed by atoms with van der Waals surface area (Å²) in [6.07, 6.45) is -0.805. The Balaban J connectivity index is 2.56. The van der Waals surface area contributed by atoms with Crippen molar-refractivity contribution in [3.05, 3.63) is 41.8 Å². The lowest BCUT2D eigenvalue weighted by atomic mass is 10.3. The molecule has 0 aliphatic carbocycles. The fourth-order valence-corrected chi connectivity index (χ4v) is 3.97. The minimum atomic E-state index is -3.85. The molecule has 0 aliphatic rings. The fraction of sp³-hybridized carbons (Fsp3) is 0.357. The summed E-state index contributed by atoms with van der Waals surface area (Å²) in [7, 11) is -3.85. The molecule has 0 amide bonds. The van der Waals surface area contributed by atoms with Crippen LogP contribution in [0.5, 0.6) is 0 Å². The van der Waals surface area contributed by atoms with E-state index in [4.69, 9.17) is 4.52 Å². The molecule has 0 bridgehead atoms. The molecule has 0 unspecified atom stereocenters. The molecule has 21 heavy (non-hydrogen) atoms. The lowest BCUT2D eigenvalue weighted by molar-refractivity contribution is 0.204. The van der Waals surface area contributed by atoms with Crippen LogP contribution in [0.2, 0.25) is 0 Å². The van der Waals surface area contributed by atoms with E-state index in [0.29, 0.717) is 11.4 Å². The van der Waals surface area contributed by atoms with E-state index in [2.05, 4.69) is 5.16 Å². The van der Waals surface area contributed by atoms with E-state index < -0.39 is 16.1 Å². The summed E-state index contributed by atoms with van der Waals surface area (Å²) in [6.45, 7) is 4.63. The van der Waals surface area contributed by atoms with Gasteiger partial charge >= 0.3 is 0 Å². The highest BCUT2D eigenvalue weighted by Gasteiger charge is 2.31. The summed E-state index contributed by atoms with van der Waals surface area (Å²) in [4.78, 5) is 0.0482. The van der Waals surface area contributed by atoms with Crippen LogP contribution in [-0.2, 0) is 10.0 Å². The zero-order valence-corrected chi connectivity index (χ0v) is 13.0. The number of aromatic nitrogens is 1. The molecular weight excluding hydrogens is 292 g/mol. The molecular formula is C14H18N2O4S. The highest BCUT2D eigenvalue weighted by molar-refractivity contribution is 7.93. The molecule has 6 nitrogen and oxygen atoms in total. The number of aliphatic hydroxyl groups is 1. The maximum atomic E-state index is 12.9. The van der Waals surface area contributed by atoms with Crippen molar-refractivity contribution in [2.24, 2.45) is 0 Å². The van der Waals surface area contributed by atoms with Crippen molar-refractivity contribution < 1.29 is 18.0 Å². The Kier molecular flexibility index (Phi) is 4.34. The first-order chi connectivity index (χ1) is 9.84. The van der Waals surface area contributed by atoms with Crippen LogP contribution in [0.25, 0.3) is 0 Å². The third kappa shape index (κ3) is 3.08. The quantitative estimate of drug-likeness (QED) is 0.911. The van der Waals surface area contributed by atoms with E-state index in [-0.39, 0.29) is 17.2 Å². The number of aliphatic hydroxyl groups excluding tert-OH is 1. The molecule has 114 valence electrons. The zero-order valence-electron chi connectivity index (χ0n) is 12.1. The van der Waals surface area contributed by atoms with Crippen molar-refractivity contribution in [3.8, 4) is 0 Å². The van der Waals surface area contributed by atoms with E-state index in [9.17, 15) is 13.5 Å². The van der Waals surface area contributed by atoms with E-state index in [1.54, 1.807) is 51.1 Å². The number of nitrogens with zero attached hydrogens (tertiary/aromatic N) is 2. The Hall–Kier alpha value is -1.86. The van der Waals surface area contributed by atoms with Gasteiger partial charge in [0.15, 0.2) is 10.7 Å². The van der Waals surface area contributed by atoms with Gasteiger partial charge in [0.05, 0.1) is 18.3 Å². The molecule has 1 aromatic carbocycles. The van der Waals surface area contributed by atoms with Crippen LogP contribution in [-0.4, -0.2) is 31.3 Å². The maximum absolute atomic E-state index is 12.9. The van der Waals surface area contributed by atoms with Gasteiger partial charge in [-0.15, -0.1) is 0 Å². The Morgan fingerprint density at radius 1 is 1.29 bits per heavy atom. The van der Waals surface area contributed by atoms with Crippen LogP contribution in [0.1, 0.15) is 18.4 Å². The maximum Gasteiger partial charge on any atom is 0.269 e. The number of para-hydroxylation sites is 1. The summed E-state index contributed by atoms with van der Waals surface area (Å²) in [5, 5.41) is 13.3. The van der Waals surface area contributed by atoms with Crippen molar-refractivity contribution in [2.75, 3.05) is 10.8 Å². The van der Waals surface area contributed by atoms with Gasteiger partial charge in [-0.1, -0.05) is 23.4 Å². The third-order valence-corrected chi connectivity index (χ3v) is 5.03. The predicted octanol–water partition coefficient (Wildman–Crippen LogP) is 1.87. The molecule has 2 rings (SSSR count). The molecule has 1 heterocycles. The first-order valence-corrected chi connectivity index (χ1v) is 7.96. The van der Waals surface area contributed by atoms with Gasteiger partial charge in [-0.05, 0) is 32.9 Å². The Labute approximate surface area is 124 Å². The van der Waals surface area contributed by atoms with Crippen LogP contribution in [0.3, 0.4) is 0 Å². The van der Waals surface area contributed by atoms with Gasteiger partial charge in [0.1, 0.15) is 5.69 Å². The molecule has 0 saturated carbocycles. The van der Waals surface area contributed by atoms with Crippen molar-refractivity contribution >= 4 is 15.7 Å². The van der Waals surface area contributed by atoms with Gasteiger partial charge < -0.3 is 9.63 Å². The summed E-state index contributed by atoms with van der Waals surface area (Å²) in [5.41, 5.74) is 0.789. The minimum Gasteiger partial charge on any atom is -0.392 e. The SMILES string of the molecule is Cc1noc(C)c1S(=O)(=O)N(C[C@@H](C)O)c1ccccc1. The molecule has 1 aromatic heterocycles. The average molecular weight is 310 g/mol. The largest absolute Gasteiger partial charge is 0.392 e. The van der Waals surface area contributed by atoms with Crippen molar-refractivity contribution in [1.82, 2.24) is 5.16 Å². The van der Waals surface area contributed by atoms with Gasteiger partial charge in [0, 0.05) is 0 Å². The number of sulfonamides is 1. The van der Waals surface area contributed by atoms with E-state index in [0.717, 1.165) is 0 Å². The van der Waals surface area contributed by atoms with E-state index >= 15 is 0 Å². The van der Waals surface area contributed by atoms with Gasteiger partial charge in [-0.3, -0.25) is 4.31 Å². The monoisotopic (exact) mass is 310 g/mol. The second kappa shape index (κ2) is 5.87. The van der Waals surface area contributed by atoms with Crippen LogP contribution in [0.4, 0.5) is 5.69 Å². The normalized spacial score (nSPS) is 13.1. The highest BCUT2D eigenvalue weighted by atomic mass is 32.2. The van der Waals surface area contributed by atoms with Gasteiger partial charge in [0.2, 0.25) is 0 Å². The Bertz CT molecular complexity index is 688. The lowest BCUT2D eigenvalue weighted by Gasteiger charge is -2.25. The fourth-order valence-electron chi connectivity index (χ4n) is 2.13. The van der Waals surface area contributed by atoms with Crippen LogP contribution in [0.15, 0.2) is 39.8 Å². The molecule has 0 spiro atoms. The zero-order chi connectivity index (χ0) is 15.6. The van der Waals surface area contributed by atoms with Crippen LogP contribution in [0, 0.1) is 13.8 Å². The van der Waals surface area contributed by atoms with Crippen LogP contribution < -0.4 is 4.31 Å². The molecule has 0 radical (unpaired) electrons. The number of benzene rings is 1. The highest BCUT2D eigenvalue weighted by Crippen LogP contribution is 2.27. The Morgan fingerprint density at radius 2 is 1.90 bits per heavy atom. The van der Waals surface area contributed by atoms with E-state index in [1.165, 1.54) is 4.31 Å². The predicted molar refractivity (Wildman–Crippen MR) is 78.6 cm³/mol. The van der Waals surface area contributed by atoms with Crippen molar-refractivity contribution in [2.45, 2.75) is 31.8 Å². The summed E-state index contributed by atoms with van der Waals surface area (Å²) in [6, 6.07) is 8.64. The molecule has 1 atom stereocenters. The smallest absolute Gasteiger partial charge is 0.269 e. The van der Waals surface area contributed by atoms with Gasteiger partial charge in [0.25, 0.3) is 10.0 Å². The molecule has 2 aromatic rings. The number of hydrogen-bond donors (Lipinski definition) is 1. The summed E-state index contributed by atoms with van der Waals surface area (Å²) in [5.74, 6) is 0.235. The average Bonchev–Trinajstić information content (AvgIpc) is 2.76. The van der Waals surface area contributed by atoms with Gasteiger partial charge in [-0.25, -0.2) is 8.42 Å². The first kappa shape index (κ1) is 15.5. The minimum absolute atomic E-state index is 0.0452. The molecule has 0 aliphatic heterocycles. The molecule has 0 fully saturated rings. The van der Waals surface area contributed by atoms with Gasteiger partial charge in [-0.2, -0.15) is 0 Å². The lowest BCUT2D eigenvalue weighted by Crippen LogP contribution is -2.37. The number of hydrogen-bond acceptors (Lipinski definition) is 5. The second-order valence-corrected chi connectivity index (χ2v) is 6.67. The Morgan fingerprint density at radius 3 is 2.38 bits per heavy atom. The number of anilines is 1. The number of aryl methyl sites for hydroxylation is 2. The third-order valence-electron chi connectivity index (χ3n) is 2.99. The molecule has 1 N–H and O–H groups in total. The van der Waals surface area contributed by atoms with Crippen molar-refractivity contribution in [3.63, 3.8) is 0 Å². The van der Waals surface area contributed by atoms with Crippen molar-refractivity contribution in [1.29, 1.82) is 0 Å². The second-order valence-electron chi connectivity index (χ2n) is 4.87. The van der Waals surface area contributed by atoms with E-state index in [1.807, 2.05) is 0 Å². The molecule has 0 saturated heterocycles. The standard InChI is InChI=1S/C14H18N2O4S/c1-10(17)9-16(13-7-5-4-6-8-13)21(18,19)14-11(2)15-20-12(14)3/h4-8,10,17H,9H2,1-3H3/t10-/m1/s1. The summed E-state index contributed by atoms with van der Waals surface area (Å²) < 4.78 is 31.9. The first-order valence-electron chi connectivity index (χ1n) is 6.52. The molecule has 7 heteroatoms.